The van der Waals surface area contributed by atoms with Crippen LogP contribution in [-0.2, 0) is 21.7 Å². The Balaban J connectivity index is 1.34. The quantitative estimate of drug-likeness (QED) is 0.121. The highest BCUT2D eigenvalue weighted by Gasteiger charge is 2.45. The minimum absolute atomic E-state index is 0.00759. The predicted octanol–water partition coefficient (Wildman–Crippen LogP) is 16.2. The highest BCUT2D eigenvalue weighted by atomic mass is 16.3. The van der Waals surface area contributed by atoms with Crippen LogP contribution in [0.1, 0.15) is 116 Å². The number of furan rings is 1. The molecule has 0 radical (unpaired) electrons. The maximum absolute atomic E-state index is 7.21. The van der Waals surface area contributed by atoms with E-state index in [0.29, 0.717) is 0 Å². The molecule has 4 heteroatoms. The lowest BCUT2D eigenvalue weighted by Gasteiger charge is -2.41. The normalized spacial score (nSPS) is 14.2. The summed E-state index contributed by atoms with van der Waals surface area (Å²) in [5, 5.41) is 10.2. The third-order valence-corrected chi connectivity index (χ3v) is 15.5. The summed E-state index contributed by atoms with van der Waals surface area (Å²) in [6.45, 7) is 32.7. The smallest absolute Gasteiger partial charge is 0.333 e. The monoisotopic (exact) mass is 860 g/mol. The lowest BCUT2D eigenvalue weighted by atomic mass is 9.44. The second-order valence-electron chi connectivity index (χ2n) is 23.9. The molecule has 0 saturated carbocycles. The van der Waals surface area contributed by atoms with Crippen LogP contribution < -0.4 is 15.8 Å². The van der Waals surface area contributed by atoms with E-state index in [2.05, 4.69) is 222 Å². The van der Waals surface area contributed by atoms with Crippen molar-refractivity contribution in [3.05, 3.63) is 149 Å². The molecule has 3 nitrogen and oxygen atoms in total. The van der Waals surface area contributed by atoms with Crippen LogP contribution in [0.3, 0.4) is 0 Å². The molecule has 12 rings (SSSR count). The maximum Gasteiger partial charge on any atom is 0.333 e. The molecule has 2 aromatic heterocycles. The molecular weight excluding hydrogens is 800 g/mol. The van der Waals surface area contributed by atoms with Crippen molar-refractivity contribution in [1.29, 1.82) is 0 Å². The average Bonchev–Trinajstić information content (AvgIpc) is 3.80. The summed E-state index contributed by atoms with van der Waals surface area (Å²) in [4.78, 5) is 2.65. The van der Waals surface area contributed by atoms with Gasteiger partial charge in [0.1, 0.15) is 11.2 Å². The van der Waals surface area contributed by atoms with E-state index in [4.69, 9.17) is 4.42 Å². The molecule has 66 heavy (non-hydrogen) atoms. The van der Waals surface area contributed by atoms with Crippen molar-refractivity contribution in [2.45, 2.75) is 119 Å². The molecule has 2 aliphatic rings. The van der Waals surface area contributed by atoms with Gasteiger partial charge in [0, 0.05) is 60.8 Å². The van der Waals surface area contributed by atoms with Crippen molar-refractivity contribution in [3.63, 3.8) is 0 Å². The number of hydrogen-bond donors (Lipinski definition) is 0. The summed E-state index contributed by atoms with van der Waals surface area (Å²) >= 11 is 0. The van der Waals surface area contributed by atoms with Crippen molar-refractivity contribution >= 4 is 100 Å². The number of para-hydroxylation sites is 1. The Bertz CT molecular complexity index is 3740. The molecule has 8 aromatic carbocycles. The molecule has 0 amide bonds. The largest absolute Gasteiger partial charge is 0.455 e. The first kappa shape index (κ1) is 41.2. The zero-order valence-corrected chi connectivity index (χ0v) is 41.3. The average molecular weight is 861 g/mol. The van der Waals surface area contributed by atoms with Crippen LogP contribution in [0.15, 0.2) is 120 Å². The Hall–Kier alpha value is -6.26. The minimum atomic E-state index is -0.129. The second kappa shape index (κ2) is 13.2. The fourth-order valence-electron chi connectivity index (χ4n) is 11.6. The topological polar surface area (TPSA) is 21.3 Å². The molecular formula is C62H61BN2O. The van der Waals surface area contributed by atoms with Gasteiger partial charge in [0.2, 0.25) is 0 Å². The van der Waals surface area contributed by atoms with E-state index in [0.717, 1.165) is 21.9 Å². The molecule has 0 fully saturated rings. The van der Waals surface area contributed by atoms with Gasteiger partial charge in [-0.2, -0.15) is 0 Å². The Kier molecular flexibility index (Phi) is 8.25. The predicted molar refractivity (Wildman–Crippen MR) is 287 cm³/mol. The number of nitrogens with zero attached hydrogens (tertiary/aromatic N) is 2. The molecule has 328 valence electrons. The van der Waals surface area contributed by atoms with E-state index in [1.165, 1.54) is 116 Å². The number of aromatic nitrogens is 1. The fraction of sp³-hybridized carbons (Fsp3) is 0.290. The van der Waals surface area contributed by atoms with E-state index in [1.54, 1.807) is 0 Å². The molecule has 0 N–H and O–H groups in total. The van der Waals surface area contributed by atoms with E-state index in [1.807, 2.05) is 0 Å². The van der Waals surface area contributed by atoms with Crippen LogP contribution in [0.5, 0.6) is 0 Å². The van der Waals surface area contributed by atoms with Gasteiger partial charge in [-0.1, -0.05) is 144 Å². The lowest BCUT2D eigenvalue weighted by Crippen LogP contribution is -2.56. The van der Waals surface area contributed by atoms with E-state index >= 15 is 0 Å². The summed E-state index contributed by atoms with van der Waals surface area (Å²) in [5.74, 6) is 0. The fourth-order valence-corrected chi connectivity index (χ4v) is 11.6. The summed E-state index contributed by atoms with van der Waals surface area (Å²) in [6, 6.07) is 45.0. The highest BCUT2D eigenvalue weighted by molar-refractivity contribution is 6.90. The number of hydrogen-bond acceptors (Lipinski definition) is 2. The SMILES string of the molecule is Cc1c2ccccc2c(C)c2cc3c(cc12)B1c2c(cc4c(oc5ccccc54)c2-c2cc(C(C)(C)C)cc4c5cc(C(C)(C)C)ccc5n1c24)N3c1cc(C(C)(C)C)cc(C(C)(C)C)c1. The van der Waals surface area contributed by atoms with Crippen molar-refractivity contribution < 1.29 is 4.42 Å². The second-order valence-corrected chi connectivity index (χ2v) is 23.9. The van der Waals surface area contributed by atoms with Crippen LogP contribution in [0, 0.1) is 13.8 Å². The molecule has 0 aliphatic carbocycles. The van der Waals surface area contributed by atoms with Crippen molar-refractivity contribution in [2.75, 3.05) is 4.90 Å². The summed E-state index contributed by atoms with van der Waals surface area (Å²) in [6.07, 6.45) is 0. The number of rotatable bonds is 1. The van der Waals surface area contributed by atoms with E-state index in [-0.39, 0.29) is 28.5 Å². The summed E-state index contributed by atoms with van der Waals surface area (Å²) in [5.41, 5.74) is 21.0. The zero-order chi connectivity index (χ0) is 46.3. The number of benzene rings is 8. The van der Waals surface area contributed by atoms with Gasteiger partial charge in [-0.25, -0.2) is 0 Å². The van der Waals surface area contributed by atoms with Crippen molar-refractivity contribution in [3.8, 4) is 11.1 Å². The van der Waals surface area contributed by atoms with Gasteiger partial charge in [0.15, 0.2) is 0 Å². The molecule has 0 spiro atoms. The van der Waals surface area contributed by atoms with E-state index < -0.39 is 0 Å². The number of aryl methyl sites for hydroxylation is 2. The Morgan fingerprint density at radius 1 is 0.455 bits per heavy atom. The van der Waals surface area contributed by atoms with Crippen molar-refractivity contribution in [2.24, 2.45) is 0 Å². The molecule has 10 aromatic rings. The maximum atomic E-state index is 7.21. The number of fused-ring (bicyclic) bond motifs is 13. The van der Waals surface area contributed by atoms with Gasteiger partial charge < -0.3 is 13.8 Å². The molecule has 0 bridgehead atoms. The van der Waals surface area contributed by atoms with Gasteiger partial charge in [-0.15, -0.1) is 0 Å². The van der Waals surface area contributed by atoms with Crippen LogP contribution in [-0.4, -0.2) is 11.3 Å². The van der Waals surface area contributed by atoms with Crippen LogP contribution in [0.25, 0.3) is 76.4 Å². The standard InChI is InChI=1S/C62H61BN2O/c1-34-41-19-15-16-20-42(41)35(2)45-32-52-50(31-44(34)45)63-56-53(64(52)40-26-37(60(6,7)8)25-38(27-40)61(9,10)11)33-48-43-21-17-18-22-54(43)66-58(48)55(56)49-30-39(62(12,13)14)29-47-46-28-36(59(3,4)5)23-24-51(46)65(63)57(47)49/h15-33H,1-14H3. The number of anilines is 3. The van der Waals surface area contributed by atoms with Gasteiger partial charge in [-0.3, -0.25) is 0 Å². The molecule has 2 aliphatic heterocycles. The summed E-state index contributed by atoms with van der Waals surface area (Å²) < 4.78 is 9.95. The highest BCUT2D eigenvalue weighted by Crippen LogP contribution is 2.52. The molecule has 0 atom stereocenters. The molecule has 0 saturated heterocycles. The van der Waals surface area contributed by atoms with Crippen molar-refractivity contribution in [1.82, 2.24) is 4.48 Å². The first-order valence-corrected chi connectivity index (χ1v) is 24.1. The van der Waals surface area contributed by atoms with E-state index in [9.17, 15) is 0 Å². The van der Waals surface area contributed by atoms with Crippen LogP contribution >= 0.6 is 0 Å². The minimum Gasteiger partial charge on any atom is -0.455 e. The van der Waals surface area contributed by atoms with Gasteiger partial charge in [0.05, 0.1) is 0 Å². The van der Waals surface area contributed by atoms with Gasteiger partial charge >= 0.3 is 6.85 Å². The third kappa shape index (κ3) is 5.69. The Morgan fingerprint density at radius 2 is 1.00 bits per heavy atom. The zero-order valence-electron chi connectivity index (χ0n) is 41.3. The molecule has 0 unspecified atom stereocenters. The first-order valence-electron chi connectivity index (χ1n) is 24.1. The third-order valence-electron chi connectivity index (χ3n) is 15.5. The van der Waals surface area contributed by atoms with Gasteiger partial charge in [-0.05, 0) is 156 Å². The van der Waals surface area contributed by atoms with Crippen LogP contribution in [0.2, 0.25) is 0 Å². The Morgan fingerprint density at radius 3 is 1.62 bits per heavy atom. The Labute approximate surface area is 390 Å². The first-order chi connectivity index (χ1) is 31.1. The lowest BCUT2D eigenvalue weighted by molar-refractivity contribution is 0.569. The van der Waals surface area contributed by atoms with Crippen LogP contribution in [0.4, 0.5) is 17.1 Å². The molecule has 4 heterocycles. The summed E-state index contributed by atoms with van der Waals surface area (Å²) in [7, 11) is 0. The van der Waals surface area contributed by atoms with Gasteiger partial charge in [0.25, 0.3) is 0 Å².